The fraction of sp³-hybridized carbons (Fsp3) is 0.462. The fourth-order valence-electron chi connectivity index (χ4n) is 1.64. The van der Waals surface area contributed by atoms with E-state index in [1.807, 2.05) is 26.0 Å². The molecule has 6 heteroatoms. The average Bonchev–Trinajstić information content (AvgIpc) is 2.36. The molecule has 0 spiro atoms. The first-order valence-electron chi connectivity index (χ1n) is 6.38. The summed E-state index contributed by atoms with van der Waals surface area (Å²) in [7, 11) is 0. The summed E-state index contributed by atoms with van der Waals surface area (Å²) in [5.41, 5.74) is 7.33. The first-order chi connectivity index (χ1) is 9.13. The van der Waals surface area contributed by atoms with Gasteiger partial charge in [0.2, 0.25) is 0 Å². The zero-order chi connectivity index (χ0) is 14.1. The van der Waals surface area contributed by atoms with Crippen molar-refractivity contribution in [1.82, 2.24) is 15.6 Å². The lowest BCUT2D eigenvalue weighted by Crippen LogP contribution is -2.43. The summed E-state index contributed by atoms with van der Waals surface area (Å²) >= 11 is 0. The van der Waals surface area contributed by atoms with Crippen LogP contribution >= 0.6 is 0 Å². The van der Waals surface area contributed by atoms with Crippen LogP contribution in [0.3, 0.4) is 0 Å². The Bertz CT molecular complexity index is 444. The van der Waals surface area contributed by atoms with Crippen LogP contribution in [0, 0.1) is 6.92 Å². The molecule has 0 saturated heterocycles. The molecule has 1 rings (SSSR count). The van der Waals surface area contributed by atoms with Gasteiger partial charge in [0.15, 0.2) is 5.96 Å². The predicted molar refractivity (Wildman–Crippen MR) is 76.0 cm³/mol. The second kappa shape index (κ2) is 8.07. The Hall–Kier alpha value is -2.11. The second-order valence-electron chi connectivity index (χ2n) is 4.12. The van der Waals surface area contributed by atoms with Crippen molar-refractivity contribution in [3.05, 3.63) is 29.6 Å². The van der Waals surface area contributed by atoms with Gasteiger partial charge in [0.05, 0.1) is 0 Å². The number of primary amides is 1. The summed E-state index contributed by atoms with van der Waals surface area (Å²) in [6.45, 7) is 5.26. The number of aliphatic imine (C=N–C) groups is 1. The maximum atomic E-state index is 10.8. The van der Waals surface area contributed by atoms with E-state index < -0.39 is 6.03 Å². The van der Waals surface area contributed by atoms with E-state index in [0.717, 1.165) is 18.5 Å². The Morgan fingerprint density at radius 1 is 1.53 bits per heavy atom. The van der Waals surface area contributed by atoms with E-state index in [1.165, 1.54) is 5.56 Å². The summed E-state index contributed by atoms with van der Waals surface area (Å²) < 4.78 is 0. The summed E-state index contributed by atoms with van der Waals surface area (Å²) in [5, 5.41) is 5.40. The second-order valence-corrected chi connectivity index (χ2v) is 4.12. The van der Waals surface area contributed by atoms with Crippen LogP contribution in [-0.4, -0.2) is 30.1 Å². The number of amides is 2. The van der Waals surface area contributed by atoms with Crippen LogP contribution in [0.25, 0.3) is 0 Å². The first-order valence-corrected chi connectivity index (χ1v) is 6.38. The minimum atomic E-state index is -0.611. The third kappa shape index (κ3) is 5.85. The standard InChI is InChI=1S/C13H21N5O/c1-3-15-13(18-12(14)19)17-9-5-7-11-10(2)6-4-8-16-11/h4,6,8H,3,5,7,9H2,1-2H3,(H4,14,15,17,18,19). The van der Waals surface area contributed by atoms with Gasteiger partial charge >= 0.3 is 6.03 Å². The molecule has 0 aromatic carbocycles. The molecule has 1 aromatic rings. The molecule has 104 valence electrons. The van der Waals surface area contributed by atoms with Gasteiger partial charge < -0.3 is 11.1 Å². The van der Waals surface area contributed by atoms with E-state index in [2.05, 4.69) is 20.6 Å². The molecule has 0 aliphatic heterocycles. The largest absolute Gasteiger partial charge is 0.356 e. The monoisotopic (exact) mass is 263 g/mol. The molecular weight excluding hydrogens is 242 g/mol. The molecule has 0 bridgehead atoms. The zero-order valence-electron chi connectivity index (χ0n) is 11.4. The van der Waals surface area contributed by atoms with Crippen molar-refractivity contribution in [2.45, 2.75) is 26.7 Å². The topological polar surface area (TPSA) is 92.4 Å². The Morgan fingerprint density at radius 3 is 2.95 bits per heavy atom. The van der Waals surface area contributed by atoms with E-state index in [4.69, 9.17) is 5.73 Å². The van der Waals surface area contributed by atoms with Crippen LogP contribution in [-0.2, 0) is 6.42 Å². The Morgan fingerprint density at radius 2 is 2.32 bits per heavy atom. The van der Waals surface area contributed by atoms with Gasteiger partial charge in [-0.05, 0) is 38.3 Å². The maximum Gasteiger partial charge on any atom is 0.318 e. The maximum absolute atomic E-state index is 10.8. The zero-order valence-corrected chi connectivity index (χ0v) is 11.4. The normalized spacial score (nSPS) is 11.2. The van der Waals surface area contributed by atoms with Crippen molar-refractivity contribution >= 4 is 12.0 Å². The van der Waals surface area contributed by atoms with Gasteiger partial charge in [-0.15, -0.1) is 0 Å². The smallest absolute Gasteiger partial charge is 0.318 e. The van der Waals surface area contributed by atoms with Crippen molar-refractivity contribution in [2.24, 2.45) is 10.7 Å². The van der Waals surface area contributed by atoms with Gasteiger partial charge in [0.25, 0.3) is 0 Å². The molecule has 19 heavy (non-hydrogen) atoms. The lowest BCUT2D eigenvalue weighted by Gasteiger charge is -2.08. The molecule has 4 N–H and O–H groups in total. The van der Waals surface area contributed by atoms with Gasteiger partial charge in [-0.3, -0.25) is 15.3 Å². The predicted octanol–water partition coefficient (Wildman–Crippen LogP) is 0.956. The number of nitrogens with one attached hydrogen (secondary N) is 2. The third-order valence-corrected chi connectivity index (χ3v) is 2.55. The number of carbonyl (C=O) groups is 1. The molecule has 0 saturated carbocycles. The van der Waals surface area contributed by atoms with Crippen LogP contribution in [0.4, 0.5) is 4.79 Å². The van der Waals surface area contributed by atoms with E-state index in [1.54, 1.807) is 6.20 Å². The number of nitrogens with two attached hydrogens (primary N) is 1. The molecule has 2 amide bonds. The summed E-state index contributed by atoms with van der Waals surface area (Å²) in [4.78, 5) is 19.4. The molecule has 0 atom stereocenters. The lowest BCUT2D eigenvalue weighted by molar-refractivity contribution is 0.253. The minimum absolute atomic E-state index is 0.424. The Labute approximate surface area is 113 Å². The molecule has 6 nitrogen and oxygen atoms in total. The number of rotatable bonds is 5. The average molecular weight is 263 g/mol. The number of guanidine groups is 1. The van der Waals surface area contributed by atoms with E-state index in [0.29, 0.717) is 19.0 Å². The number of hydrogen-bond donors (Lipinski definition) is 3. The Kier molecular flexibility index (Phi) is 6.35. The highest BCUT2D eigenvalue weighted by Gasteiger charge is 2.01. The molecule has 0 aliphatic rings. The van der Waals surface area contributed by atoms with E-state index in [9.17, 15) is 4.79 Å². The van der Waals surface area contributed by atoms with Crippen molar-refractivity contribution < 1.29 is 4.79 Å². The highest BCUT2D eigenvalue weighted by atomic mass is 16.2. The van der Waals surface area contributed by atoms with Crippen LogP contribution in [0.15, 0.2) is 23.3 Å². The number of urea groups is 1. The van der Waals surface area contributed by atoms with Crippen LogP contribution in [0.2, 0.25) is 0 Å². The summed E-state index contributed by atoms with van der Waals surface area (Å²) in [6.07, 6.45) is 3.53. The van der Waals surface area contributed by atoms with Crippen LogP contribution in [0.5, 0.6) is 0 Å². The molecular formula is C13H21N5O. The number of carbonyl (C=O) groups excluding carboxylic acids is 1. The fourth-order valence-corrected chi connectivity index (χ4v) is 1.64. The number of aryl methyl sites for hydroxylation is 2. The van der Waals surface area contributed by atoms with Crippen molar-refractivity contribution in [2.75, 3.05) is 13.1 Å². The van der Waals surface area contributed by atoms with Gasteiger partial charge in [-0.25, -0.2) is 4.79 Å². The van der Waals surface area contributed by atoms with Crippen LogP contribution < -0.4 is 16.4 Å². The van der Waals surface area contributed by atoms with Crippen molar-refractivity contribution in [3.8, 4) is 0 Å². The highest BCUT2D eigenvalue weighted by Crippen LogP contribution is 2.05. The van der Waals surface area contributed by atoms with E-state index in [-0.39, 0.29) is 0 Å². The molecule has 0 unspecified atom stereocenters. The number of aromatic nitrogens is 1. The molecule has 0 aliphatic carbocycles. The number of pyridine rings is 1. The quantitative estimate of drug-likeness (QED) is 0.419. The molecule has 1 aromatic heterocycles. The van der Waals surface area contributed by atoms with Crippen molar-refractivity contribution in [3.63, 3.8) is 0 Å². The molecule has 0 radical (unpaired) electrons. The van der Waals surface area contributed by atoms with Crippen LogP contribution in [0.1, 0.15) is 24.6 Å². The lowest BCUT2D eigenvalue weighted by atomic mass is 10.1. The minimum Gasteiger partial charge on any atom is -0.356 e. The Balaban J connectivity index is 2.42. The number of hydrogen-bond acceptors (Lipinski definition) is 3. The summed E-state index contributed by atoms with van der Waals surface area (Å²) in [6, 6.07) is 3.36. The molecule has 1 heterocycles. The van der Waals surface area contributed by atoms with Gasteiger partial charge in [-0.1, -0.05) is 6.07 Å². The highest BCUT2D eigenvalue weighted by molar-refractivity contribution is 5.95. The molecule has 0 fully saturated rings. The van der Waals surface area contributed by atoms with Gasteiger partial charge in [0, 0.05) is 25.0 Å². The third-order valence-electron chi connectivity index (χ3n) is 2.55. The first kappa shape index (κ1) is 14.9. The van der Waals surface area contributed by atoms with E-state index >= 15 is 0 Å². The SMILES string of the molecule is CCNC(=NCCCc1ncccc1C)NC(N)=O. The van der Waals surface area contributed by atoms with Crippen molar-refractivity contribution in [1.29, 1.82) is 0 Å². The summed E-state index contributed by atoms with van der Waals surface area (Å²) in [5.74, 6) is 0.424. The van der Waals surface area contributed by atoms with Gasteiger partial charge in [0.1, 0.15) is 0 Å². The number of nitrogens with zero attached hydrogens (tertiary/aromatic N) is 2. The van der Waals surface area contributed by atoms with Gasteiger partial charge in [-0.2, -0.15) is 0 Å².